The lowest BCUT2D eigenvalue weighted by Gasteiger charge is -2.36. The van der Waals surface area contributed by atoms with Crippen LogP contribution in [0, 0.1) is 11.8 Å². The van der Waals surface area contributed by atoms with E-state index in [1.807, 2.05) is 0 Å². The predicted molar refractivity (Wildman–Crippen MR) is 66.4 cm³/mol. The van der Waals surface area contributed by atoms with Gasteiger partial charge in [0, 0.05) is 12.7 Å². The zero-order valence-corrected chi connectivity index (χ0v) is 10.7. The molecule has 0 amide bonds. The van der Waals surface area contributed by atoms with Crippen molar-refractivity contribution in [2.24, 2.45) is 18.9 Å². The van der Waals surface area contributed by atoms with Gasteiger partial charge in [0.2, 0.25) is 0 Å². The van der Waals surface area contributed by atoms with Gasteiger partial charge in [0.15, 0.2) is 0 Å². The first kappa shape index (κ1) is 11.6. The summed E-state index contributed by atoms with van der Waals surface area (Å²) in [6.45, 7) is 3.34. The van der Waals surface area contributed by atoms with Crippen LogP contribution in [-0.4, -0.2) is 23.4 Å². The van der Waals surface area contributed by atoms with Crippen molar-refractivity contribution in [1.82, 2.24) is 15.1 Å². The van der Waals surface area contributed by atoms with Crippen molar-refractivity contribution in [3.8, 4) is 0 Å². The molecule has 0 aromatic carbocycles. The summed E-state index contributed by atoms with van der Waals surface area (Å²) in [6.07, 6.45) is 5.03. The maximum absolute atomic E-state index is 4.51. The molecule has 16 heavy (non-hydrogen) atoms. The second-order valence-corrected chi connectivity index (χ2v) is 4.96. The van der Waals surface area contributed by atoms with Crippen LogP contribution in [-0.2, 0) is 19.9 Å². The van der Waals surface area contributed by atoms with Crippen LogP contribution in [0.3, 0.4) is 0 Å². The Balaban J connectivity index is 1.95. The van der Waals surface area contributed by atoms with E-state index in [-0.39, 0.29) is 0 Å². The average molecular weight is 221 g/mol. The second kappa shape index (κ2) is 5.00. The zero-order valence-electron chi connectivity index (χ0n) is 10.7. The summed E-state index contributed by atoms with van der Waals surface area (Å²) in [5, 5.41) is 7.81. The lowest BCUT2D eigenvalue weighted by Crippen LogP contribution is -2.35. The van der Waals surface area contributed by atoms with Crippen molar-refractivity contribution >= 4 is 0 Å². The summed E-state index contributed by atoms with van der Waals surface area (Å²) in [5.74, 6) is 1.75. The van der Waals surface area contributed by atoms with Gasteiger partial charge in [-0.05, 0) is 57.2 Å². The Morgan fingerprint density at radius 1 is 1.44 bits per heavy atom. The van der Waals surface area contributed by atoms with Crippen LogP contribution in [0.5, 0.6) is 0 Å². The topological polar surface area (TPSA) is 29.9 Å². The minimum atomic E-state index is 0.868. The molecule has 2 atom stereocenters. The number of hydrogen-bond acceptors (Lipinski definition) is 2. The van der Waals surface area contributed by atoms with Crippen molar-refractivity contribution < 1.29 is 0 Å². The van der Waals surface area contributed by atoms with E-state index in [4.69, 9.17) is 0 Å². The summed E-state index contributed by atoms with van der Waals surface area (Å²) >= 11 is 0. The number of aryl methyl sites for hydroxylation is 2. The molecule has 2 unspecified atom stereocenters. The minimum Gasteiger partial charge on any atom is -0.319 e. The lowest BCUT2D eigenvalue weighted by atomic mass is 9.71. The van der Waals surface area contributed by atoms with E-state index in [1.54, 1.807) is 0 Å². The molecular weight excluding hydrogens is 198 g/mol. The average Bonchev–Trinajstić information content (AvgIpc) is 2.62. The van der Waals surface area contributed by atoms with Crippen LogP contribution < -0.4 is 5.32 Å². The maximum atomic E-state index is 4.51. The van der Waals surface area contributed by atoms with Crippen molar-refractivity contribution in [3.63, 3.8) is 0 Å². The highest BCUT2D eigenvalue weighted by Crippen LogP contribution is 2.36. The number of hydrogen-bond donors (Lipinski definition) is 1. The SMILES string of the molecule is CCc1cc(CC2CCC2CNC)n(C)n1. The Morgan fingerprint density at radius 3 is 2.69 bits per heavy atom. The molecule has 0 aliphatic heterocycles. The van der Waals surface area contributed by atoms with Crippen LogP contribution in [0.25, 0.3) is 0 Å². The third-order valence-corrected chi connectivity index (χ3v) is 3.90. The first-order valence-electron chi connectivity index (χ1n) is 6.41. The van der Waals surface area contributed by atoms with Gasteiger partial charge in [-0.2, -0.15) is 5.10 Å². The van der Waals surface area contributed by atoms with Crippen molar-refractivity contribution in [3.05, 3.63) is 17.5 Å². The predicted octanol–water partition coefficient (Wildman–Crippen LogP) is 1.77. The first-order valence-corrected chi connectivity index (χ1v) is 6.41. The summed E-state index contributed by atoms with van der Waals surface area (Å²) in [4.78, 5) is 0. The molecule has 1 heterocycles. The van der Waals surface area contributed by atoms with Gasteiger partial charge in [-0.25, -0.2) is 0 Å². The minimum absolute atomic E-state index is 0.868. The Bertz CT molecular complexity index is 343. The van der Waals surface area contributed by atoms with Gasteiger partial charge in [-0.15, -0.1) is 0 Å². The van der Waals surface area contributed by atoms with Crippen LogP contribution in [0.4, 0.5) is 0 Å². The number of nitrogens with zero attached hydrogens (tertiary/aromatic N) is 2. The van der Waals surface area contributed by atoms with Gasteiger partial charge in [-0.1, -0.05) is 6.92 Å². The number of rotatable bonds is 5. The molecule has 2 rings (SSSR count). The third kappa shape index (κ3) is 2.29. The van der Waals surface area contributed by atoms with E-state index >= 15 is 0 Å². The fraction of sp³-hybridized carbons (Fsp3) is 0.769. The van der Waals surface area contributed by atoms with Crippen LogP contribution in [0.1, 0.15) is 31.2 Å². The summed E-state index contributed by atoms with van der Waals surface area (Å²) in [5.41, 5.74) is 2.63. The van der Waals surface area contributed by atoms with Crippen LogP contribution >= 0.6 is 0 Å². The fourth-order valence-electron chi connectivity index (χ4n) is 2.64. The Labute approximate surface area is 98.2 Å². The molecular formula is C13H23N3. The highest BCUT2D eigenvalue weighted by molar-refractivity contribution is 5.11. The highest BCUT2D eigenvalue weighted by atomic mass is 15.3. The lowest BCUT2D eigenvalue weighted by molar-refractivity contribution is 0.171. The number of nitrogens with one attached hydrogen (secondary N) is 1. The standard InChI is InChI=1S/C13H23N3/c1-4-12-8-13(16(3)15-12)7-10-5-6-11(10)9-14-2/h8,10-11,14H,4-7,9H2,1-3H3. The molecule has 0 spiro atoms. The van der Waals surface area contributed by atoms with Crippen LogP contribution in [0.15, 0.2) is 6.07 Å². The van der Waals surface area contributed by atoms with E-state index in [0.29, 0.717) is 0 Å². The van der Waals surface area contributed by atoms with Gasteiger partial charge >= 0.3 is 0 Å². The Morgan fingerprint density at radius 2 is 2.19 bits per heavy atom. The molecule has 0 saturated heterocycles. The molecule has 1 N–H and O–H groups in total. The van der Waals surface area contributed by atoms with Gasteiger partial charge in [0.1, 0.15) is 0 Å². The molecule has 1 aliphatic carbocycles. The van der Waals surface area contributed by atoms with Crippen molar-refractivity contribution in [2.75, 3.05) is 13.6 Å². The second-order valence-electron chi connectivity index (χ2n) is 4.96. The third-order valence-electron chi connectivity index (χ3n) is 3.90. The van der Waals surface area contributed by atoms with E-state index in [2.05, 4.69) is 42.2 Å². The monoisotopic (exact) mass is 221 g/mol. The van der Waals surface area contributed by atoms with E-state index < -0.39 is 0 Å². The molecule has 90 valence electrons. The maximum Gasteiger partial charge on any atom is 0.0624 e. The smallest absolute Gasteiger partial charge is 0.0624 e. The van der Waals surface area contributed by atoms with Gasteiger partial charge < -0.3 is 5.32 Å². The molecule has 0 radical (unpaired) electrons. The normalized spacial score (nSPS) is 24.4. The summed E-state index contributed by atoms with van der Waals surface area (Å²) < 4.78 is 2.06. The molecule has 0 bridgehead atoms. The van der Waals surface area contributed by atoms with Gasteiger partial charge in [-0.3, -0.25) is 4.68 Å². The zero-order chi connectivity index (χ0) is 11.5. The molecule has 1 aromatic rings. The largest absolute Gasteiger partial charge is 0.319 e. The van der Waals surface area contributed by atoms with E-state index in [1.165, 1.54) is 37.2 Å². The number of aromatic nitrogens is 2. The summed E-state index contributed by atoms with van der Waals surface area (Å²) in [7, 11) is 4.12. The molecule has 1 aliphatic rings. The quantitative estimate of drug-likeness (QED) is 0.821. The molecule has 3 nitrogen and oxygen atoms in total. The Hall–Kier alpha value is -0.830. The van der Waals surface area contributed by atoms with Gasteiger partial charge in [0.05, 0.1) is 5.69 Å². The van der Waals surface area contributed by atoms with E-state index in [0.717, 1.165) is 18.3 Å². The first-order chi connectivity index (χ1) is 7.74. The van der Waals surface area contributed by atoms with Crippen molar-refractivity contribution in [2.45, 2.75) is 32.6 Å². The molecule has 1 fully saturated rings. The molecule has 1 aromatic heterocycles. The fourth-order valence-corrected chi connectivity index (χ4v) is 2.64. The van der Waals surface area contributed by atoms with E-state index in [9.17, 15) is 0 Å². The van der Waals surface area contributed by atoms with Gasteiger partial charge in [0.25, 0.3) is 0 Å². The Kier molecular flexibility index (Phi) is 3.64. The highest BCUT2D eigenvalue weighted by Gasteiger charge is 2.30. The molecule has 1 saturated carbocycles. The summed E-state index contributed by atoms with van der Waals surface area (Å²) in [6, 6.07) is 2.27. The molecule has 3 heteroatoms. The van der Waals surface area contributed by atoms with Crippen LogP contribution in [0.2, 0.25) is 0 Å². The van der Waals surface area contributed by atoms with Crippen molar-refractivity contribution in [1.29, 1.82) is 0 Å².